The molecule has 0 bridgehead atoms. The van der Waals surface area contributed by atoms with Crippen molar-refractivity contribution >= 4 is 11.8 Å². The van der Waals surface area contributed by atoms with Gasteiger partial charge in [0.05, 0.1) is 0 Å². The van der Waals surface area contributed by atoms with Gasteiger partial charge in [-0.25, -0.2) is 4.79 Å². The van der Waals surface area contributed by atoms with E-state index in [9.17, 15) is 9.59 Å². The Morgan fingerprint density at radius 1 is 1.22 bits per heavy atom. The number of hydrogen-bond acceptors (Lipinski definition) is 5. The molecule has 0 amide bonds. The molecule has 1 N–H and O–H groups in total. The summed E-state index contributed by atoms with van der Waals surface area (Å²) in [6.07, 6.45) is 2.89. The fraction of sp³-hybridized carbons (Fsp3) is 0.846. The van der Waals surface area contributed by atoms with Crippen molar-refractivity contribution < 1.29 is 19.1 Å². The lowest BCUT2D eigenvalue weighted by atomic mass is 10.2. The number of ether oxygens (including phenoxy) is 2. The number of carbonyl (C=O) groups excluding carboxylic acids is 2. The van der Waals surface area contributed by atoms with E-state index in [2.05, 4.69) is 12.2 Å². The average molecular weight is 259 g/mol. The average Bonchev–Trinajstić information content (AvgIpc) is 2.32. The second-order valence-corrected chi connectivity index (χ2v) is 4.27. The monoisotopic (exact) mass is 259 g/mol. The maximum Gasteiger partial charge on any atom is 0.332 e. The van der Waals surface area contributed by atoms with Crippen LogP contribution in [-0.2, 0) is 19.1 Å². The van der Waals surface area contributed by atoms with Crippen LogP contribution in [0.3, 0.4) is 0 Å². The van der Waals surface area contributed by atoms with E-state index in [4.69, 9.17) is 9.47 Å². The van der Waals surface area contributed by atoms with E-state index in [1.54, 1.807) is 0 Å². The predicted molar refractivity (Wildman–Crippen MR) is 69.4 cm³/mol. The number of unbranched alkanes of at least 4 members (excludes halogenated alkanes) is 1. The van der Waals surface area contributed by atoms with Gasteiger partial charge in [-0.05, 0) is 26.3 Å². The zero-order valence-corrected chi connectivity index (χ0v) is 11.7. The summed E-state index contributed by atoms with van der Waals surface area (Å²) in [5.74, 6) is -0.517. The number of hydrogen-bond donors (Lipinski definition) is 1. The van der Waals surface area contributed by atoms with Crippen LogP contribution >= 0.6 is 0 Å². The summed E-state index contributed by atoms with van der Waals surface area (Å²) in [4.78, 5) is 22.0. The molecule has 0 rings (SSSR count). The summed E-state index contributed by atoms with van der Waals surface area (Å²) in [5.41, 5.74) is 0. The maximum absolute atomic E-state index is 11.4. The van der Waals surface area contributed by atoms with Crippen LogP contribution in [0.4, 0.5) is 0 Å². The van der Waals surface area contributed by atoms with E-state index in [0.717, 1.165) is 25.8 Å². The molecule has 0 saturated carbocycles. The second kappa shape index (κ2) is 11.2. The Labute approximate surface area is 109 Å². The van der Waals surface area contributed by atoms with E-state index >= 15 is 0 Å². The van der Waals surface area contributed by atoms with E-state index in [0.29, 0.717) is 6.54 Å². The third-order valence-electron chi connectivity index (χ3n) is 2.36. The standard InChI is InChI=1S/C13H25NO4/c1-4-6-7-14-8-12(5-2)18-13(16)10-17-9-11(3)15/h12,14H,4-10H2,1-3H3. The fourth-order valence-corrected chi connectivity index (χ4v) is 1.33. The van der Waals surface area contributed by atoms with Crippen molar-refractivity contribution in [2.45, 2.75) is 46.1 Å². The van der Waals surface area contributed by atoms with Crippen LogP contribution in [0.5, 0.6) is 0 Å². The second-order valence-electron chi connectivity index (χ2n) is 4.27. The highest BCUT2D eigenvalue weighted by molar-refractivity contribution is 5.77. The first kappa shape index (κ1) is 17.1. The molecule has 0 fully saturated rings. The minimum atomic E-state index is -0.416. The highest BCUT2D eigenvalue weighted by Crippen LogP contribution is 1.98. The SMILES string of the molecule is CCCCNCC(CC)OC(=O)COCC(C)=O. The molecule has 0 heterocycles. The smallest absolute Gasteiger partial charge is 0.332 e. The van der Waals surface area contributed by atoms with Crippen molar-refractivity contribution in [2.24, 2.45) is 0 Å². The van der Waals surface area contributed by atoms with Crippen molar-refractivity contribution in [2.75, 3.05) is 26.3 Å². The van der Waals surface area contributed by atoms with Gasteiger partial charge in [0.25, 0.3) is 0 Å². The highest BCUT2D eigenvalue weighted by atomic mass is 16.6. The number of nitrogens with one attached hydrogen (secondary N) is 1. The lowest BCUT2D eigenvalue weighted by Gasteiger charge is -2.16. The maximum atomic E-state index is 11.4. The van der Waals surface area contributed by atoms with Crippen LogP contribution in [0.1, 0.15) is 40.0 Å². The van der Waals surface area contributed by atoms with Gasteiger partial charge in [-0.3, -0.25) is 4.79 Å². The Morgan fingerprint density at radius 2 is 1.94 bits per heavy atom. The molecule has 0 radical (unpaired) electrons. The molecule has 1 atom stereocenters. The van der Waals surface area contributed by atoms with E-state index in [1.165, 1.54) is 6.92 Å². The van der Waals surface area contributed by atoms with Crippen molar-refractivity contribution in [3.05, 3.63) is 0 Å². The van der Waals surface area contributed by atoms with Crippen LogP contribution in [0.25, 0.3) is 0 Å². The van der Waals surface area contributed by atoms with E-state index in [1.807, 2.05) is 6.92 Å². The topological polar surface area (TPSA) is 64.6 Å². The lowest BCUT2D eigenvalue weighted by Crippen LogP contribution is -2.32. The van der Waals surface area contributed by atoms with Gasteiger partial charge >= 0.3 is 5.97 Å². The molecular formula is C13H25NO4. The minimum absolute atomic E-state index is 0.0410. The van der Waals surface area contributed by atoms with E-state index < -0.39 is 5.97 Å². The summed E-state index contributed by atoms with van der Waals surface area (Å²) in [6, 6.07) is 0. The summed E-state index contributed by atoms with van der Waals surface area (Å²) in [5, 5.41) is 3.24. The van der Waals surface area contributed by atoms with Gasteiger partial charge in [0.1, 0.15) is 19.3 Å². The normalized spacial score (nSPS) is 12.2. The van der Waals surface area contributed by atoms with Crippen LogP contribution < -0.4 is 5.32 Å². The van der Waals surface area contributed by atoms with Crippen LogP contribution in [-0.4, -0.2) is 44.2 Å². The molecule has 0 aliphatic heterocycles. The molecule has 0 aromatic rings. The summed E-state index contributed by atoms with van der Waals surface area (Å²) in [6.45, 7) is 6.91. The van der Waals surface area contributed by atoms with Gasteiger partial charge in [0, 0.05) is 6.54 Å². The van der Waals surface area contributed by atoms with Gasteiger partial charge in [0.15, 0.2) is 5.78 Å². The number of ketones is 1. The first-order valence-corrected chi connectivity index (χ1v) is 6.57. The van der Waals surface area contributed by atoms with Crippen molar-refractivity contribution in [1.82, 2.24) is 5.32 Å². The molecule has 1 unspecified atom stereocenters. The quantitative estimate of drug-likeness (QED) is 0.447. The molecule has 0 aromatic carbocycles. The molecule has 106 valence electrons. The molecular weight excluding hydrogens is 234 g/mol. The van der Waals surface area contributed by atoms with Crippen LogP contribution in [0, 0.1) is 0 Å². The molecule has 0 saturated heterocycles. The lowest BCUT2D eigenvalue weighted by molar-refractivity contribution is -0.154. The number of rotatable bonds is 11. The summed E-state index contributed by atoms with van der Waals surface area (Å²) >= 11 is 0. The first-order chi connectivity index (χ1) is 8.60. The third kappa shape index (κ3) is 10.2. The molecule has 5 heteroatoms. The fourth-order valence-electron chi connectivity index (χ4n) is 1.33. The number of esters is 1. The first-order valence-electron chi connectivity index (χ1n) is 6.57. The summed E-state index contributed by atoms with van der Waals surface area (Å²) in [7, 11) is 0. The molecule has 0 aliphatic rings. The zero-order chi connectivity index (χ0) is 13.8. The van der Waals surface area contributed by atoms with Gasteiger partial charge in [0.2, 0.25) is 0 Å². The largest absolute Gasteiger partial charge is 0.459 e. The van der Waals surface area contributed by atoms with E-state index in [-0.39, 0.29) is 25.1 Å². The van der Waals surface area contributed by atoms with Gasteiger partial charge < -0.3 is 14.8 Å². The molecule has 5 nitrogen and oxygen atoms in total. The zero-order valence-electron chi connectivity index (χ0n) is 11.7. The summed E-state index contributed by atoms with van der Waals surface area (Å²) < 4.78 is 10.1. The third-order valence-corrected chi connectivity index (χ3v) is 2.36. The van der Waals surface area contributed by atoms with Crippen LogP contribution in [0.2, 0.25) is 0 Å². The Bertz CT molecular complexity index is 243. The van der Waals surface area contributed by atoms with Gasteiger partial charge in [-0.2, -0.15) is 0 Å². The highest BCUT2D eigenvalue weighted by Gasteiger charge is 2.12. The number of carbonyl (C=O) groups is 2. The molecule has 18 heavy (non-hydrogen) atoms. The Hall–Kier alpha value is -0.940. The predicted octanol–water partition coefficient (Wildman–Crippen LogP) is 1.30. The minimum Gasteiger partial charge on any atom is -0.459 e. The molecule has 0 aromatic heterocycles. The Kier molecular flexibility index (Phi) is 10.6. The van der Waals surface area contributed by atoms with Gasteiger partial charge in [-0.1, -0.05) is 20.3 Å². The van der Waals surface area contributed by atoms with Crippen molar-refractivity contribution in [3.8, 4) is 0 Å². The van der Waals surface area contributed by atoms with Crippen molar-refractivity contribution in [1.29, 1.82) is 0 Å². The van der Waals surface area contributed by atoms with Crippen LogP contribution in [0.15, 0.2) is 0 Å². The number of Topliss-reactive ketones (excluding diaryl/α,β-unsaturated/α-hetero) is 1. The molecule has 0 spiro atoms. The van der Waals surface area contributed by atoms with Crippen molar-refractivity contribution in [3.63, 3.8) is 0 Å². The Balaban J connectivity index is 3.68. The Morgan fingerprint density at radius 3 is 2.50 bits per heavy atom. The van der Waals surface area contributed by atoms with Gasteiger partial charge in [-0.15, -0.1) is 0 Å². The molecule has 0 aliphatic carbocycles.